The first-order chi connectivity index (χ1) is 12.5. The van der Waals surface area contributed by atoms with E-state index in [2.05, 4.69) is 17.8 Å². The van der Waals surface area contributed by atoms with Gasteiger partial charge in [0.05, 0.1) is 24.7 Å². The fourth-order valence-corrected chi connectivity index (χ4v) is 4.15. The Kier molecular flexibility index (Phi) is 5.46. The van der Waals surface area contributed by atoms with Crippen molar-refractivity contribution in [2.24, 2.45) is 5.92 Å². The van der Waals surface area contributed by atoms with Crippen molar-refractivity contribution in [3.05, 3.63) is 45.1 Å². The number of hydrogen-bond acceptors (Lipinski definition) is 5. The highest BCUT2D eigenvalue weighted by molar-refractivity contribution is 7.14. The van der Waals surface area contributed by atoms with E-state index in [4.69, 9.17) is 9.47 Å². The van der Waals surface area contributed by atoms with Crippen molar-refractivity contribution < 1.29 is 19.1 Å². The number of rotatable bonds is 4. The van der Waals surface area contributed by atoms with Gasteiger partial charge in [-0.1, -0.05) is 6.92 Å². The first-order valence-electron chi connectivity index (χ1n) is 8.46. The zero-order valence-electron chi connectivity index (χ0n) is 15.0. The average molecular weight is 374 g/mol. The maximum absolute atomic E-state index is 12.4. The minimum absolute atomic E-state index is 0.308. The zero-order valence-corrected chi connectivity index (χ0v) is 15.9. The molecule has 0 aliphatic heterocycles. The van der Waals surface area contributed by atoms with Gasteiger partial charge in [-0.25, -0.2) is 0 Å². The molecule has 0 radical (unpaired) electrons. The molecule has 1 aliphatic rings. The molecular formula is C19H22N2O4S. The van der Waals surface area contributed by atoms with E-state index in [0.717, 1.165) is 19.3 Å². The van der Waals surface area contributed by atoms with Crippen LogP contribution in [0.25, 0.3) is 0 Å². The molecule has 0 spiro atoms. The Balaban J connectivity index is 1.65. The van der Waals surface area contributed by atoms with Crippen molar-refractivity contribution in [2.45, 2.75) is 26.2 Å². The number of aryl methyl sites for hydroxylation is 1. The van der Waals surface area contributed by atoms with Crippen LogP contribution < -0.4 is 20.3 Å². The first-order valence-corrected chi connectivity index (χ1v) is 9.27. The van der Waals surface area contributed by atoms with E-state index in [-0.39, 0.29) is 5.91 Å². The van der Waals surface area contributed by atoms with E-state index in [9.17, 15) is 9.59 Å². The monoisotopic (exact) mass is 374 g/mol. The Bertz CT molecular complexity index is 831. The van der Waals surface area contributed by atoms with Gasteiger partial charge in [0, 0.05) is 10.9 Å². The lowest BCUT2D eigenvalue weighted by Gasteiger charge is -2.16. The van der Waals surface area contributed by atoms with E-state index in [0.29, 0.717) is 27.9 Å². The van der Waals surface area contributed by atoms with Gasteiger partial charge in [0.2, 0.25) is 0 Å². The first kappa shape index (κ1) is 18.3. The number of methoxy groups -OCH3 is 2. The second-order valence-electron chi connectivity index (χ2n) is 6.38. The summed E-state index contributed by atoms with van der Waals surface area (Å²) in [4.78, 5) is 26.6. The summed E-state index contributed by atoms with van der Waals surface area (Å²) in [6, 6.07) is 6.80. The molecule has 7 heteroatoms. The Labute approximate surface area is 156 Å². The molecule has 6 nitrogen and oxygen atoms in total. The second-order valence-corrected chi connectivity index (χ2v) is 7.52. The molecule has 2 aromatic rings. The Morgan fingerprint density at radius 3 is 2.62 bits per heavy atom. The lowest BCUT2D eigenvalue weighted by molar-refractivity contribution is 0.0847. The Morgan fingerprint density at radius 2 is 1.88 bits per heavy atom. The van der Waals surface area contributed by atoms with E-state index in [1.54, 1.807) is 18.2 Å². The number of carbonyl (C=O) groups excluding carboxylic acids is 2. The van der Waals surface area contributed by atoms with Crippen LogP contribution in [0, 0.1) is 5.92 Å². The van der Waals surface area contributed by atoms with Gasteiger partial charge >= 0.3 is 0 Å². The minimum atomic E-state index is -0.451. The van der Waals surface area contributed by atoms with Gasteiger partial charge < -0.3 is 9.47 Å². The van der Waals surface area contributed by atoms with Gasteiger partial charge in [-0.2, -0.15) is 0 Å². The van der Waals surface area contributed by atoms with E-state index in [1.165, 1.54) is 36.0 Å². The van der Waals surface area contributed by atoms with Gasteiger partial charge in [0.1, 0.15) is 11.5 Å². The number of hydrogen-bond donors (Lipinski definition) is 2. The zero-order chi connectivity index (χ0) is 18.7. The molecule has 2 amide bonds. The average Bonchev–Trinajstić information content (AvgIpc) is 3.08. The summed E-state index contributed by atoms with van der Waals surface area (Å²) in [5.41, 5.74) is 6.49. The molecule has 0 bridgehead atoms. The predicted molar refractivity (Wildman–Crippen MR) is 100.0 cm³/mol. The van der Waals surface area contributed by atoms with Crippen molar-refractivity contribution in [3.8, 4) is 11.5 Å². The van der Waals surface area contributed by atoms with Crippen LogP contribution in [-0.4, -0.2) is 26.0 Å². The number of benzene rings is 1. The van der Waals surface area contributed by atoms with Crippen LogP contribution in [0.2, 0.25) is 0 Å². The molecule has 1 atom stereocenters. The third kappa shape index (κ3) is 3.83. The summed E-state index contributed by atoms with van der Waals surface area (Å²) in [6.07, 6.45) is 3.18. The molecular weight excluding hydrogens is 352 g/mol. The normalized spacial score (nSPS) is 15.7. The molecule has 1 unspecified atom stereocenters. The van der Waals surface area contributed by atoms with Crippen LogP contribution >= 0.6 is 11.3 Å². The van der Waals surface area contributed by atoms with Gasteiger partial charge in [0.15, 0.2) is 0 Å². The fraction of sp³-hybridized carbons (Fsp3) is 0.368. The number of ether oxygens (including phenoxy) is 2. The quantitative estimate of drug-likeness (QED) is 0.807. The van der Waals surface area contributed by atoms with Crippen LogP contribution in [-0.2, 0) is 12.8 Å². The Hall–Kier alpha value is -2.54. The third-order valence-corrected chi connectivity index (χ3v) is 5.73. The highest BCUT2D eigenvalue weighted by Gasteiger charge is 2.21. The summed E-state index contributed by atoms with van der Waals surface area (Å²) in [5, 5.41) is 0. The summed E-state index contributed by atoms with van der Waals surface area (Å²) in [6.45, 7) is 2.23. The Morgan fingerprint density at radius 1 is 1.12 bits per heavy atom. The van der Waals surface area contributed by atoms with Crippen molar-refractivity contribution in [3.63, 3.8) is 0 Å². The lowest BCUT2D eigenvalue weighted by atomic mass is 9.90. The van der Waals surface area contributed by atoms with E-state index < -0.39 is 5.91 Å². The van der Waals surface area contributed by atoms with Crippen molar-refractivity contribution in [1.29, 1.82) is 0 Å². The summed E-state index contributed by atoms with van der Waals surface area (Å²) in [7, 11) is 3.01. The number of hydrazine groups is 1. The van der Waals surface area contributed by atoms with Crippen LogP contribution in [0.15, 0.2) is 24.3 Å². The van der Waals surface area contributed by atoms with Crippen LogP contribution in [0.4, 0.5) is 0 Å². The number of fused-ring (bicyclic) bond motifs is 1. The summed E-state index contributed by atoms with van der Waals surface area (Å²) < 4.78 is 10.3. The molecule has 1 aromatic carbocycles. The van der Waals surface area contributed by atoms with E-state index >= 15 is 0 Å². The molecule has 0 saturated heterocycles. The molecule has 0 fully saturated rings. The van der Waals surface area contributed by atoms with Crippen molar-refractivity contribution >= 4 is 23.2 Å². The van der Waals surface area contributed by atoms with Gasteiger partial charge in [-0.3, -0.25) is 20.4 Å². The maximum Gasteiger partial charge on any atom is 0.279 e. The molecule has 1 heterocycles. The molecule has 26 heavy (non-hydrogen) atoms. The van der Waals surface area contributed by atoms with Gasteiger partial charge in [0.25, 0.3) is 11.8 Å². The topological polar surface area (TPSA) is 76.7 Å². The van der Waals surface area contributed by atoms with Crippen LogP contribution in [0.1, 0.15) is 43.8 Å². The highest BCUT2D eigenvalue weighted by Crippen LogP contribution is 2.32. The number of nitrogens with one attached hydrogen (secondary N) is 2. The maximum atomic E-state index is 12.4. The fourth-order valence-electron chi connectivity index (χ4n) is 3.05. The minimum Gasteiger partial charge on any atom is -0.497 e. The number of amides is 2. The molecule has 0 saturated carbocycles. The summed E-state index contributed by atoms with van der Waals surface area (Å²) in [5.74, 6) is 0.846. The van der Waals surface area contributed by atoms with Crippen LogP contribution in [0.5, 0.6) is 11.5 Å². The smallest absolute Gasteiger partial charge is 0.279 e. The molecule has 138 valence electrons. The van der Waals surface area contributed by atoms with Gasteiger partial charge in [-0.05, 0) is 48.9 Å². The number of carbonyl (C=O) groups is 2. The van der Waals surface area contributed by atoms with E-state index in [1.807, 2.05) is 6.07 Å². The molecule has 2 N–H and O–H groups in total. The third-order valence-electron chi connectivity index (χ3n) is 4.50. The predicted octanol–water partition coefficient (Wildman–Crippen LogP) is 2.96. The SMILES string of the molecule is COc1ccc(C(=O)NNC(=O)c2cc3c(s2)CCC(C)C3)c(OC)c1. The van der Waals surface area contributed by atoms with Crippen molar-refractivity contribution in [1.82, 2.24) is 10.9 Å². The molecule has 3 rings (SSSR count). The van der Waals surface area contributed by atoms with Crippen LogP contribution in [0.3, 0.4) is 0 Å². The molecule has 1 aliphatic carbocycles. The lowest BCUT2D eigenvalue weighted by Crippen LogP contribution is -2.41. The molecule has 1 aromatic heterocycles. The second kappa shape index (κ2) is 7.78. The van der Waals surface area contributed by atoms with Crippen molar-refractivity contribution in [2.75, 3.05) is 14.2 Å². The highest BCUT2D eigenvalue weighted by atomic mass is 32.1. The standard InChI is InChI=1S/C19H22N2O4S/c1-11-4-7-16-12(8-11)9-17(26-16)19(23)21-20-18(22)14-6-5-13(24-2)10-15(14)25-3/h5-6,9-11H,4,7-8H2,1-3H3,(H,20,22)(H,21,23). The summed E-state index contributed by atoms with van der Waals surface area (Å²) >= 11 is 1.50. The number of thiophene rings is 1. The largest absolute Gasteiger partial charge is 0.497 e. The van der Waals surface area contributed by atoms with Gasteiger partial charge in [-0.15, -0.1) is 11.3 Å².